The molecule has 1 amide bonds. The van der Waals surface area contributed by atoms with Crippen LogP contribution >= 0.6 is 11.8 Å². The molecule has 1 aromatic heterocycles. The van der Waals surface area contributed by atoms with Crippen LogP contribution in [0.1, 0.15) is 12.5 Å². The molecule has 7 nitrogen and oxygen atoms in total. The van der Waals surface area contributed by atoms with E-state index in [0.29, 0.717) is 34.9 Å². The Morgan fingerprint density at radius 2 is 1.71 bits per heavy atom. The van der Waals surface area contributed by atoms with Crippen molar-refractivity contribution in [3.05, 3.63) is 88.7 Å². The standard InChI is InChI=1S/C26H25N3O4S/c1-3-33-21-14-10-19(11-15-21)29-25(31)22-6-4-5-7-23(22)28-26(29)34-17-24(30)27-16-18-8-12-20(32-2)13-9-18/h4-15H,3,16-17H2,1-2H3,(H,27,30). The van der Waals surface area contributed by atoms with Crippen molar-refractivity contribution in [3.63, 3.8) is 0 Å². The highest BCUT2D eigenvalue weighted by atomic mass is 32.2. The van der Waals surface area contributed by atoms with Gasteiger partial charge in [0.05, 0.1) is 36.1 Å². The minimum atomic E-state index is -0.184. The van der Waals surface area contributed by atoms with Crippen molar-refractivity contribution in [1.82, 2.24) is 14.9 Å². The van der Waals surface area contributed by atoms with Gasteiger partial charge >= 0.3 is 0 Å². The Kier molecular flexibility index (Phi) is 7.49. The van der Waals surface area contributed by atoms with E-state index >= 15 is 0 Å². The third-order valence-corrected chi connectivity index (χ3v) is 6.07. The zero-order valence-corrected chi connectivity index (χ0v) is 19.8. The van der Waals surface area contributed by atoms with Gasteiger partial charge in [0.15, 0.2) is 5.16 Å². The van der Waals surface area contributed by atoms with Gasteiger partial charge in [0.1, 0.15) is 11.5 Å². The molecule has 4 aromatic rings. The lowest BCUT2D eigenvalue weighted by molar-refractivity contribution is -0.118. The quantitative estimate of drug-likeness (QED) is 0.289. The molecule has 3 aromatic carbocycles. The van der Waals surface area contributed by atoms with Crippen LogP contribution in [0, 0.1) is 0 Å². The highest BCUT2D eigenvalue weighted by molar-refractivity contribution is 7.99. The number of nitrogens with zero attached hydrogens (tertiary/aromatic N) is 2. The summed E-state index contributed by atoms with van der Waals surface area (Å²) < 4.78 is 12.2. The smallest absolute Gasteiger partial charge is 0.266 e. The largest absolute Gasteiger partial charge is 0.497 e. The van der Waals surface area contributed by atoms with Gasteiger partial charge in [-0.05, 0) is 61.0 Å². The summed E-state index contributed by atoms with van der Waals surface area (Å²) in [5.41, 5.74) is 2.04. The van der Waals surface area contributed by atoms with Crippen LogP contribution in [0.15, 0.2) is 82.7 Å². The predicted molar refractivity (Wildman–Crippen MR) is 134 cm³/mol. The third kappa shape index (κ3) is 5.40. The Hall–Kier alpha value is -3.78. The number of amides is 1. The molecule has 0 aliphatic rings. The predicted octanol–water partition coefficient (Wildman–Crippen LogP) is 4.20. The minimum Gasteiger partial charge on any atom is -0.497 e. The molecule has 174 valence electrons. The second kappa shape index (κ2) is 10.9. The number of nitrogens with one attached hydrogen (secondary N) is 1. The summed E-state index contributed by atoms with van der Waals surface area (Å²) in [6, 6.07) is 22.0. The van der Waals surface area contributed by atoms with E-state index in [1.165, 1.54) is 11.8 Å². The van der Waals surface area contributed by atoms with Crippen LogP contribution in [0.4, 0.5) is 0 Å². The maximum Gasteiger partial charge on any atom is 0.266 e. The Bertz CT molecular complexity index is 1340. The molecule has 0 atom stereocenters. The van der Waals surface area contributed by atoms with Gasteiger partial charge in [-0.25, -0.2) is 4.98 Å². The fourth-order valence-corrected chi connectivity index (χ4v) is 4.26. The first-order chi connectivity index (χ1) is 16.6. The number of carbonyl (C=O) groups is 1. The number of thioether (sulfide) groups is 1. The monoisotopic (exact) mass is 475 g/mol. The lowest BCUT2D eigenvalue weighted by Gasteiger charge is -2.14. The van der Waals surface area contributed by atoms with Crippen LogP contribution in [0.5, 0.6) is 11.5 Å². The van der Waals surface area contributed by atoms with Crippen molar-refractivity contribution in [2.45, 2.75) is 18.6 Å². The molecule has 0 radical (unpaired) electrons. The minimum absolute atomic E-state index is 0.123. The van der Waals surface area contributed by atoms with Crippen LogP contribution in [-0.2, 0) is 11.3 Å². The van der Waals surface area contributed by atoms with Crippen molar-refractivity contribution in [2.75, 3.05) is 19.5 Å². The van der Waals surface area contributed by atoms with Crippen molar-refractivity contribution >= 4 is 28.6 Å². The molecule has 0 spiro atoms. The average molecular weight is 476 g/mol. The summed E-state index contributed by atoms with van der Waals surface area (Å²) in [5.74, 6) is 1.46. The number of ether oxygens (including phenoxy) is 2. The van der Waals surface area contributed by atoms with Gasteiger partial charge in [0.2, 0.25) is 5.91 Å². The SMILES string of the molecule is CCOc1ccc(-n2c(SCC(=O)NCc3ccc(OC)cc3)nc3ccccc3c2=O)cc1. The Morgan fingerprint density at radius 3 is 2.41 bits per heavy atom. The van der Waals surface area contributed by atoms with E-state index in [0.717, 1.165) is 17.1 Å². The topological polar surface area (TPSA) is 82.4 Å². The second-order valence-electron chi connectivity index (χ2n) is 7.39. The highest BCUT2D eigenvalue weighted by Crippen LogP contribution is 2.23. The fourth-order valence-electron chi connectivity index (χ4n) is 3.42. The number of benzene rings is 3. The number of para-hydroxylation sites is 1. The molecule has 4 rings (SSSR count). The fraction of sp³-hybridized carbons (Fsp3) is 0.192. The van der Waals surface area contributed by atoms with E-state index in [9.17, 15) is 9.59 Å². The molecular weight excluding hydrogens is 450 g/mol. The van der Waals surface area contributed by atoms with Gasteiger partial charge < -0.3 is 14.8 Å². The molecule has 0 saturated heterocycles. The Morgan fingerprint density at radius 1 is 1.00 bits per heavy atom. The van der Waals surface area contributed by atoms with Crippen LogP contribution in [-0.4, -0.2) is 34.9 Å². The number of rotatable bonds is 9. The first kappa shape index (κ1) is 23.4. The number of carbonyl (C=O) groups excluding carboxylic acids is 1. The van der Waals surface area contributed by atoms with Crippen LogP contribution in [0.2, 0.25) is 0 Å². The van der Waals surface area contributed by atoms with Crippen LogP contribution in [0.25, 0.3) is 16.6 Å². The number of hydrogen-bond acceptors (Lipinski definition) is 6. The van der Waals surface area contributed by atoms with E-state index in [2.05, 4.69) is 10.3 Å². The maximum atomic E-state index is 13.3. The number of aromatic nitrogens is 2. The van der Waals surface area contributed by atoms with E-state index in [-0.39, 0.29) is 17.2 Å². The Labute approximate surface area is 201 Å². The van der Waals surface area contributed by atoms with Crippen molar-refractivity contribution in [2.24, 2.45) is 0 Å². The first-order valence-electron chi connectivity index (χ1n) is 10.9. The van der Waals surface area contributed by atoms with E-state index in [1.54, 1.807) is 23.8 Å². The van der Waals surface area contributed by atoms with E-state index in [4.69, 9.17) is 9.47 Å². The maximum absolute atomic E-state index is 13.3. The molecule has 0 bridgehead atoms. The molecule has 0 aliphatic heterocycles. The molecule has 34 heavy (non-hydrogen) atoms. The molecule has 0 aliphatic carbocycles. The summed E-state index contributed by atoms with van der Waals surface area (Å²) in [4.78, 5) is 30.6. The van der Waals surface area contributed by atoms with Gasteiger partial charge in [-0.2, -0.15) is 0 Å². The summed E-state index contributed by atoms with van der Waals surface area (Å²) >= 11 is 1.22. The van der Waals surface area contributed by atoms with Crippen LogP contribution in [0.3, 0.4) is 0 Å². The van der Waals surface area contributed by atoms with E-state index < -0.39 is 0 Å². The van der Waals surface area contributed by atoms with Gasteiger partial charge in [-0.15, -0.1) is 0 Å². The van der Waals surface area contributed by atoms with E-state index in [1.807, 2.05) is 67.6 Å². The second-order valence-corrected chi connectivity index (χ2v) is 8.33. The summed E-state index contributed by atoms with van der Waals surface area (Å²) in [6.45, 7) is 2.88. The normalized spacial score (nSPS) is 10.8. The average Bonchev–Trinajstić information content (AvgIpc) is 2.87. The van der Waals surface area contributed by atoms with Gasteiger partial charge in [-0.3, -0.25) is 14.2 Å². The van der Waals surface area contributed by atoms with Gasteiger partial charge in [0.25, 0.3) is 5.56 Å². The number of fused-ring (bicyclic) bond motifs is 1. The van der Waals surface area contributed by atoms with Crippen molar-refractivity contribution < 1.29 is 14.3 Å². The van der Waals surface area contributed by atoms with Crippen molar-refractivity contribution in [3.8, 4) is 17.2 Å². The first-order valence-corrected chi connectivity index (χ1v) is 11.8. The molecule has 0 saturated carbocycles. The zero-order valence-electron chi connectivity index (χ0n) is 19.0. The lowest BCUT2D eigenvalue weighted by atomic mass is 10.2. The lowest BCUT2D eigenvalue weighted by Crippen LogP contribution is -2.26. The zero-order chi connectivity index (χ0) is 23.9. The molecule has 0 unspecified atom stereocenters. The summed E-state index contributed by atoms with van der Waals surface area (Å²) in [5, 5.41) is 3.88. The summed E-state index contributed by atoms with van der Waals surface area (Å²) in [7, 11) is 1.61. The highest BCUT2D eigenvalue weighted by Gasteiger charge is 2.15. The molecule has 1 heterocycles. The number of methoxy groups -OCH3 is 1. The van der Waals surface area contributed by atoms with Crippen molar-refractivity contribution in [1.29, 1.82) is 0 Å². The summed E-state index contributed by atoms with van der Waals surface area (Å²) in [6.07, 6.45) is 0. The Balaban J connectivity index is 1.55. The third-order valence-electron chi connectivity index (χ3n) is 5.13. The van der Waals surface area contributed by atoms with Gasteiger partial charge in [0, 0.05) is 6.54 Å². The molecular formula is C26H25N3O4S. The molecule has 0 fully saturated rings. The van der Waals surface area contributed by atoms with Gasteiger partial charge in [-0.1, -0.05) is 36.0 Å². The molecule has 1 N–H and O–H groups in total. The number of hydrogen-bond donors (Lipinski definition) is 1. The van der Waals surface area contributed by atoms with Crippen LogP contribution < -0.4 is 20.3 Å². The molecule has 8 heteroatoms.